The maximum absolute atomic E-state index is 12.3. The molecule has 1 heterocycles. The fourth-order valence-corrected chi connectivity index (χ4v) is 2.54. The van der Waals surface area contributed by atoms with Gasteiger partial charge >= 0.3 is 0 Å². The molecule has 0 atom stereocenters. The highest BCUT2D eigenvalue weighted by molar-refractivity contribution is 5.94. The van der Waals surface area contributed by atoms with E-state index in [0.29, 0.717) is 12.8 Å². The standard InChI is InChI=1S/C13H26N4O2/c1-4-10(5-2)11(18)15-13(12(14)16-19)6-8-17(3)9-7-13/h10,19H,4-9H2,1-3H3,(H2,14,16)(H,15,18). The summed E-state index contributed by atoms with van der Waals surface area (Å²) in [7, 11) is 2.03. The molecule has 0 bridgehead atoms. The summed E-state index contributed by atoms with van der Waals surface area (Å²) in [5.74, 6) is 0.101. The van der Waals surface area contributed by atoms with Gasteiger partial charge in [-0.1, -0.05) is 19.0 Å². The van der Waals surface area contributed by atoms with Crippen molar-refractivity contribution in [3.8, 4) is 0 Å². The van der Waals surface area contributed by atoms with Crippen molar-refractivity contribution in [2.45, 2.75) is 45.1 Å². The van der Waals surface area contributed by atoms with E-state index in [9.17, 15) is 4.79 Å². The lowest BCUT2D eigenvalue weighted by Gasteiger charge is -2.40. The van der Waals surface area contributed by atoms with Crippen molar-refractivity contribution in [2.24, 2.45) is 16.8 Å². The molecule has 110 valence electrons. The first-order valence-electron chi connectivity index (χ1n) is 6.97. The molecule has 0 aliphatic carbocycles. The van der Waals surface area contributed by atoms with Crippen LogP contribution in [0.4, 0.5) is 0 Å². The van der Waals surface area contributed by atoms with Crippen molar-refractivity contribution >= 4 is 11.7 Å². The first kappa shape index (κ1) is 15.8. The minimum absolute atomic E-state index is 0.00107. The minimum atomic E-state index is -0.694. The zero-order valence-electron chi connectivity index (χ0n) is 12.1. The third-order valence-corrected chi connectivity index (χ3v) is 4.16. The van der Waals surface area contributed by atoms with Crippen LogP contribution in [-0.4, -0.2) is 47.5 Å². The molecule has 0 aromatic rings. The number of nitrogens with one attached hydrogen (secondary N) is 1. The number of carbonyl (C=O) groups is 1. The first-order valence-corrected chi connectivity index (χ1v) is 6.97. The Balaban J connectivity index is 2.84. The molecule has 1 rings (SSSR count). The van der Waals surface area contributed by atoms with Crippen molar-refractivity contribution in [1.29, 1.82) is 0 Å². The number of nitrogens with zero attached hydrogens (tertiary/aromatic N) is 2. The molecule has 0 radical (unpaired) electrons. The second-order valence-electron chi connectivity index (χ2n) is 5.37. The van der Waals surface area contributed by atoms with E-state index in [0.717, 1.165) is 25.9 Å². The van der Waals surface area contributed by atoms with Gasteiger partial charge in [-0.15, -0.1) is 0 Å². The lowest BCUT2D eigenvalue weighted by molar-refractivity contribution is -0.126. The van der Waals surface area contributed by atoms with Gasteiger partial charge in [-0.3, -0.25) is 4.79 Å². The van der Waals surface area contributed by atoms with Crippen LogP contribution in [0.15, 0.2) is 5.16 Å². The SMILES string of the molecule is CCC(CC)C(=O)NC1(/C(N)=N/O)CCN(C)CC1. The molecule has 1 saturated heterocycles. The summed E-state index contributed by atoms with van der Waals surface area (Å²) in [6.07, 6.45) is 2.94. The number of amidine groups is 1. The number of oxime groups is 1. The van der Waals surface area contributed by atoms with Gasteiger partial charge in [-0.2, -0.15) is 0 Å². The predicted molar refractivity (Wildman–Crippen MR) is 75.1 cm³/mol. The topological polar surface area (TPSA) is 91.0 Å². The molecule has 0 aromatic heterocycles. The molecular formula is C13H26N4O2. The van der Waals surface area contributed by atoms with Gasteiger partial charge in [0.1, 0.15) is 5.54 Å². The molecule has 0 saturated carbocycles. The Bertz CT molecular complexity index is 332. The van der Waals surface area contributed by atoms with Crippen LogP contribution in [0.3, 0.4) is 0 Å². The van der Waals surface area contributed by atoms with Gasteiger partial charge in [0.05, 0.1) is 0 Å². The Hall–Kier alpha value is -1.30. The van der Waals surface area contributed by atoms with Crippen molar-refractivity contribution < 1.29 is 10.0 Å². The fraction of sp³-hybridized carbons (Fsp3) is 0.846. The van der Waals surface area contributed by atoms with Crippen molar-refractivity contribution in [2.75, 3.05) is 20.1 Å². The Morgan fingerprint density at radius 2 is 1.95 bits per heavy atom. The summed E-state index contributed by atoms with van der Waals surface area (Å²) in [6, 6.07) is 0. The van der Waals surface area contributed by atoms with E-state index in [2.05, 4.69) is 15.4 Å². The zero-order chi connectivity index (χ0) is 14.5. The molecule has 19 heavy (non-hydrogen) atoms. The molecule has 1 amide bonds. The van der Waals surface area contributed by atoms with Gasteiger partial charge in [-0.05, 0) is 32.7 Å². The zero-order valence-corrected chi connectivity index (χ0v) is 12.1. The number of nitrogens with two attached hydrogens (primary N) is 1. The van der Waals surface area contributed by atoms with E-state index < -0.39 is 5.54 Å². The van der Waals surface area contributed by atoms with E-state index >= 15 is 0 Å². The predicted octanol–water partition coefficient (Wildman–Crippen LogP) is 0.750. The van der Waals surface area contributed by atoms with E-state index in [1.165, 1.54) is 0 Å². The second-order valence-corrected chi connectivity index (χ2v) is 5.37. The number of hydrogen-bond acceptors (Lipinski definition) is 4. The van der Waals surface area contributed by atoms with Crippen LogP contribution >= 0.6 is 0 Å². The minimum Gasteiger partial charge on any atom is -0.409 e. The first-order chi connectivity index (χ1) is 8.99. The maximum Gasteiger partial charge on any atom is 0.223 e. The van der Waals surface area contributed by atoms with Gasteiger partial charge in [0, 0.05) is 19.0 Å². The van der Waals surface area contributed by atoms with E-state index in [-0.39, 0.29) is 17.7 Å². The molecule has 0 spiro atoms. The van der Waals surface area contributed by atoms with Gasteiger partial charge in [0.15, 0.2) is 5.84 Å². The number of piperidine rings is 1. The largest absolute Gasteiger partial charge is 0.409 e. The Morgan fingerprint density at radius 3 is 2.37 bits per heavy atom. The normalized spacial score (nSPS) is 20.5. The molecule has 4 N–H and O–H groups in total. The average Bonchev–Trinajstić information content (AvgIpc) is 2.42. The highest BCUT2D eigenvalue weighted by Gasteiger charge is 2.40. The summed E-state index contributed by atoms with van der Waals surface area (Å²) < 4.78 is 0. The summed E-state index contributed by atoms with van der Waals surface area (Å²) in [5.41, 5.74) is 5.13. The van der Waals surface area contributed by atoms with Crippen LogP contribution < -0.4 is 11.1 Å². The smallest absolute Gasteiger partial charge is 0.223 e. The van der Waals surface area contributed by atoms with Crippen LogP contribution in [0.5, 0.6) is 0 Å². The summed E-state index contributed by atoms with van der Waals surface area (Å²) in [4.78, 5) is 14.4. The highest BCUT2D eigenvalue weighted by atomic mass is 16.4. The molecule has 6 nitrogen and oxygen atoms in total. The quantitative estimate of drug-likeness (QED) is 0.297. The number of amides is 1. The van der Waals surface area contributed by atoms with Gasteiger partial charge < -0.3 is 21.2 Å². The number of rotatable bonds is 5. The lowest BCUT2D eigenvalue weighted by Crippen LogP contribution is -2.62. The average molecular weight is 270 g/mol. The monoisotopic (exact) mass is 270 g/mol. The van der Waals surface area contributed by atoms with Gasteiger partial charge in [0.25, 0.3) is 0 Å². The van der Waals surface area contributed by atoms with Crippen LogP contribution in [0, 0.1) is 5.92 Å². The molecular weight excluding hydrogens is 244 g/mol. The van der Waals surface area contributed by atoms with Crippen LogP contribution in [-0.2, 0) is 4.79 Å². The molecule has 0 aromatic carbocycles. The molecule has 0 unspecified atom stereocenters. The van der Waals surface area contributed by atoms with Crippen LogP contribution in [0.2, 0.25) is 0 Å². The van der Waals surface area contributed by atoms with Crippen LogP contribution in [0.25, 0.3) is 0 Å². The van der Waals surface area contributed by atoms with Crippen molar-refractivity contribution in [3.05, 3.63) is 0 Å². The number of likely N-dealkylation sites (tertiary alicyclic amines) is 1. The summed E-state index contributed by atoms with van der Waals surface area (Å²) in [6.45, 7) is 5.63. The molecule has 1 aliphatic rings. The Kier molecular flexibility index (Phi) is 5.60. The van der Waals surface area contributed by atoms with Crippen molar-refractivity contribution in [3.63, 3.8) is 0 Å². The summed E-state index contributed by atoms with van der Waals surface area (Å²) >= 11 is 0. The lowest BCUT2D eigenvalue weighted by atomic mass is 9.85. The Labute approximate surface area is 115 Å². The van der Waals surface area contributed by atoms with E-state index in [1.54, 1.807) is 0 Å². The van der Waals surface area contributed by atoms with Crippen molar-refractivity contribution in [1.82, 2.24) is 10.2 Å². The van der Waals surface area contributed by atoms with E-state index in [4.69, 9.17) is 10.9 Å². The Morgan fingerprint density at radius 1 is 1.42 bits per heavy atom. The molecule has 1 fully saturated rings. The number of hydrogen-bond donors (Lipinski definition) is 3. The third kappa shape index (κ3) is 3.59. The third-order valence-electron chi connectivity index (χ3n) is 4.16. The molecule has 6 heteroatoms. The maximum atomic E-state index is 12.3. The highest BCUT2D eigenvalue weighted by Crippen LogP contribution is 2.23. The van der Waals surface area contributed by atoms with E-state index in [1.807, 2.05) is 20.9 Å². The molecule has 1 aliphatic heterocycles. The van der Waals surface area contributed by atoms with Gasteiger partial charge in [0.2, 0.25) is 5.91 Å². The number of carbonyl (C=O) groups excluding carboxylic acids is 1. The fourth-order valence-electron chi connectivity index (χ4n) is 2.54. The van der Waals surface area contributed by atoms with Crippen LogP contribution in [0.1, 0.15) is 39.5 Å². The summed E-state index contributed by atoms with van der Waals surface area (Å²) in [5, 5.41) is 15.1. The second kappa shape index (κ2) is 6.75. The van der Waals surface area contributed by atoms with Gasteiger partial charge in [-0.25, -0.2) is 0 Å².